The highest BCUT2D eigenvalue weighted by Gasteiger charge is 2.12. The SMILES string of the molecule is CC(=Nc1ccccc1C)c1ccc(Cl)cc1-c1ccc(C#N)cc1C. The van der Waals surface area contributed by atoms with Gasteiger partial charge in [-0.25, -0.2) is 0 Å². The smallest absolute Gasteiger partial charge is 0.0991 e. The van der Waals surface area contributed by atoms with Gasteiger partial charge in [0.25, 0.3) is 0 Å². The van der Waals surface area contributed by atoms with Crippen LogP contribution in [0.2, 0.25) is 5.02 Å². The molecule has 0 aliphatic heterocycles. The highest BCUT2D eigenvalue weighted by atomic mass is 35.5. The van der Waals surface area contributed by atoms with Crippen LogP contribution in [0.1, 0.15) is 29.2 Å². The molecule has 0 unspecified atom stereocenters. The van der Waals surface area contributed by atoms with Gasteiger partial charge < -0.3 is 0 Å². The molecule has 3 aromatic rings. The molecule has 3 aromatic carbocycles. The first-order valence-corrected chi connectivity index (χ1v) is 8.79. The van der Waals surface area contributed by atoms with Crippen LogP contribution in [-0.4, -0.2) is 5.71 Å². The first kappa shape index (κ1) is 17.9. The van der Waals surface area contributed by atoms with Crippen molar-refractivity contribution in [2.75, 3.05) is 0 Å². The molecule has 0 aliphatic carbocycles. The zero-order valence-electron chi connectivity index (χ0n) is 15.0. The van der Waals surface area contributed by atoms with Crippen LogP contribution in [0.3, 0.4) is 0 Å². The van der Waals surface area contributed by atoms with Crippen LogP contribution in [0.4, 0.5) is 5.69 Å². The summed E-state index contributed by atoms with van der Waals surface area (Å²) in [6.45, 7) is 6.08. The first-order valence-electron chi connectivity index (χ1n) is 8.41. The normalized spacial score (nSPS) is 11.3. The van der Waals surface area contributed by atoms with E-state index >= 15 is 0 Å². The highest BCUT2D eigenvalue weighted by Crippen LogP contribution is 2.31. The Bertz CT molecular complexity index is 1040. The lowest BCUT2D eigenvalue weighted by atomic mass is 9.93. The number of halogens is 1. The molecule has 0 spiro atoms. The largest absolute Gasteiger partial charge is 0.253 e. The number of nitriles is 1. The maximum absolute atomic E-state index is 9.11. The number of hydrogen-bond donors (Lipinski definition) is 0. The Morgan fingerprint density at radius 1 is 0.923 bits per heavy atom. The topological polar surface area (TPSA) is 36.1 Å². The van der Waals surface area contributed by atoms with Gasteiger partial charge in [0, 0.05) is 16.3 Å². The maximum Gasteiger partial charge on any atom is 0.0991 e. The molecule has 0 aromatic heterocycles. The molecule has 3 rings (SSSR count). The number of para-hydroxylation sites is 1. The second-order valence-electron chi connectivity index (χ2n) is 6.32. The summed E-state index contributed by atoms with van der Waals surface area (Å²) in [4.78, 5) is 4.83. The summed E-state index contributed by atoms with van der Waals surface area (Å²) in [7, 11) is 0. The minimum Gasteiger partial charge on any atom is -0.253 e. The monoisotopic (exact) mass is 358 g/mol. The van der Waals surface area contributed by atoms with E-state index < -0.39 is 0 Å². The summed E-state index contributed by atoms with van der Waals surface area (Å²) in [5.74, 6) is 0. The number of rotatable bonds is 3. The van der Waals surface area contributed by atoms with E-state index in [9.17, 15) is 0 Å². The molecule has 26 heavy (non-hydrogen) atoms. The molecule has 0 fully saturated rings. The molecule has 0 aliphatic rings. The average Bonchev–Trinajstić information content (AvgIpc) is 2.63. The van der Waals surface area contributed by atoms with Crippen LogP contribution in [0, 0.1) is 25.2 Å². The van der Waals surface area contributed by atoms with Crippen LogP contribution in [0.25, 0.3) is 11.1 Å². The molecule has 128 valence electrons. The molecule has 0 saturated carbocycles. The number of nitrogens with zero attached hydrogens (tertiary/aromatic N) is 2. The van der Waals surface area contributed by atoms with E-state index in [0.29, 0.717) is 10.6 Å². The Kier molecular flexibility index (Phi) is 5.21. The van der Waals surface area contributed by atoms with Crippen molar-refractivity contribution in [3.8, 4) is 17.2 Å². The lowest BCUT2D eigenvalue weighted by Gasteiger charge is -2.13. The number of benzene rings is 3. The van der Waals surface area contributed by atoms with Crippen LogP contribution < -0.4 is 0 Å². The van der Waals surface area contributed by atoms with E-state index in [1.807, 2.05) is 68.4 Å². The number of aliphatic imine (C=N–C) groups is 1. The number of hydrogen-bond acceptors (Lipinski definition) is 2. The van der Waals surface area contributed by atoms with Crippen molar-refractivity contribution < 1.29 is 0 Å². The Morgan fingerprint density at radius 3 is 2.38 bits per heavy atom. The van der Waals surface area contributed by atoms with E-state index in [0.717, 1.165) is 39.2 Å². The van der Waals surface area contributed by atoms with Crippen molar-refractivity contribution >= 4 is 23.0 Å². The van der Waals surface area contributed by atoms with Gasteiger partial charge in [0.2, 0.25) is 0 Å². The minimum atomic E-state index is 0.653. The van der Waals surface area contributed by atoms with Crippen LogP contribution in [-0.2, 0) is 0 Å². The van der Waals surface area contributed by atoms with Gasteiger partial charge in [0.1, 0.15) is 0 Å². The molecule has 3 heteroatoms. The van der Waals surface area contributed by atoms with Gasteiger partial charge in [-0.15, -0.1) is 0 Å². The van der Waals surface area contributed by atoms with Gasteiger partial charge in [0.05, 0.1) is 17.3 Å². The van der Waals surface area contributed by atoms with Crippen LogP contribution >= 0.6 is 11.6 Å². The van der Waals surface area contributed by atoms with Crippen LogP contribution in [0.15, 0.2) is 65.7 Å². The fraction of sp³-hybridized carbons (Fsp3) is 0.130. The van der Waals surface area contributed by atoms with E-state index in [1.54, 1.807) is 0 Å². The fourth-order valence-corrected chi connectivity index (χ4v) is 3.19. The molecule has 0 amide bonds. The van der Waals surface area contributed by atoms with E-state index in [1.165, 1.54) is 0 Å². The second kappa shape index (κ2) is 7.56. The zero-order valence-corrected chi connectivity index (χ0v) is 15.8. The molecule has 0 bridgehead atoms. The third-order valence-corrected chi connectivity index (χ3v) is 4.66. The van der Waals surface area contributed by atoms with Crippen molar-refractivity contribution in [2.24, 2.45) is 4.99 Å². The first-order chi connectivity index (χ1) is 12.5. The third-order valence-electron chi connectivity index (χ3n) is 4.42. The van der Waals surface area contributed by atoms with Gasteiger partial charge in [-0.2, -0.15) is 5.26 Å². The Labute approximate surface area is 159 Å². The Hall–Kier alpha value is -2.89. The number of aryl methyl sites for hydroxylation is 2. The molecule has 0 N–H and O–H groups in total. The van der Waals surface area contributed by atoms with Crippen molar-refractivity contribution in [3.05, 3.63) is 87.9 Å². The lowest BCUT2D eigenvalue weighted by molar-refractivity contribution is 1.38. The van der Waals surface area contributed by atoms with Crippen LogP contribution in [0.5, 0.6) is 0 Å². The summed E-state index contributed by atoms with van der Waals surface area (Å²) in [6, 6.07) is 21.8. The summed E-state index contributed by atoms with van der Waals surface area (Å²) in [5, 5.41) is 9.79. The maximum atomic E-state index is 9.11. The summed E-state index contributed by atoms with van der Waals surface area (Å²) in [5.41, 5.74) is 7.83. The van der Waals surface area contributed by atoms with E-state index in [4.69, 9.17) is 21.9 Å². The minimum absolute atomic E-state index is 0.653. The highest BCUT2D eigenvalue weighted by molar-refractivity contribution is 6.31. The molecule has 0 heterocycles. The van der Waals surface area contributed by atoms with Crippen molar-refractivity contribution in [2.45, 2.75) is 20.8 Å². The Balaban J connectivity index is 2.16. The molecule has 0 radical (unpaired) electrons. The molecular formula is C23H19ClN2. The van der Waals surface area contributed by atoms with Gasteiger partial charge in [0.15, 0.2) is 0 Å². The third kappa shape index (κ3) is 3.69. The average molecular weight is 359 g/mol. The van der Waals surface area contributed by atoms with Crippen molar-refractivity contribution in [3.63, 3.8) is 0 Å². The van der Waals surface area contributed by atoms with Crippen molar-refractivity contribution in [1.29, 1.82) is 5.26 Å². The van der Waals surface area contributed by atoms with Crippen molar-refractivity contribution in [1.82, 2.24) is 0 Å². The lowest BCUT2D eigenvalue weighted by Crippen LogP contribution is -1.99. The van der Waals surface area contributed by atoms with E-state index in [-0.39, 0.29) is 0 Å². The van der Waals surface area contributed by atoms with Gasteiger partial charge in [-0.05, 0) is 73.4 Å². The Morgan fingerprint density at radius 2 is 1.69 bits per heavy atom. The van der Waals surface area contributed by atoms with E-state index in [2.05, 4.69) is 19.1 Å². The van der Waals surface area contributed by atoms with Gasteiger partial charge >= 0.3 is 0 Å². The summed E-state index contributed by atoms with van der Waals surface area (Å²) in [6.07, 6.45) is 0. The standard InChI is InChI=1S/C23H19ClN2/c1-15-6-4-5-7-23(15)26-17(3)21-11-9-19(24)13-22(21)20-10-8-18(14-25)12-16(20)2/h4-13H,1-3H3. The summed E-state index contributed by atoms with van der Waals surface area (Å²) >= 11 is 6.28. The predicted molar refractivity (Wildman–Crippen MR) is 109 cm³/mol. The van der Waals surface area contributed by atoms with Gasteiger partial charge in [-0.1, -0.05) is 41.9 Å². The second-order valence-corrected chi connectivity index (χ2v) is 6.75. The molecule has 0 saturated heterocycles. The molecule has 0 atom stereocenters. The van der Waals surface area contributed by atoms with Gasteiger partial charge in [-0.3, -0.25) is 4.99 Å². The summed E-state index contributed by atoms with van der Waals surface area (Å²) < 4.78 is 0. The molecular weight excluding hydrogens is 340 g/mol. The molecule has 2 nitrogen and oxygen atoms in total. The predicted octanol–water partition coefficient (Wildman–Crippen LogP) is 6.64. The zero-order chi connectivity index (χ0) is 18.7. The fourth-order valence-electron chi connectivity index (χ4n) is 3.02. The quantitative estimate of drug-likeness (QED) is 0.483.